The molecule has 0 aromatic carbocycles. The van der Waals surface area contributed by atoms with Crippen molar-refractivity contribution in [2.45, 2.75) is 0 Å². The maximum atomic E-state index is 4.48. The van der Waals surface area contributed by atoms with Crippen LogP contribution in [0.4, 0.5) is 11.6 Å². The summed E-state index contributed by atoms with van der Waals surface area (Å²) in [7, 11) is 0. The number of piperazine rings is 1. The highest BCUT2D eigenvalue weighted by atomic mass is 79.9. The zero-order valence-electron chi connectivity index (χ0n) is 12.4. The third kappa shape index (κ3) is 2.72. The van der Waals surface area contributed by atoms with Crippen molar-refractivity contribution in [1.29, 1.82) is 0 Å². The summed E-state index contributed by atoms with van der Waals surface area (Å²) in [5.41, 5.74) is 0.743. The molecule has 6 nitrogen and oxygen atoms in total. The molecule has 4 rings (SSSR count). The van der Waals surface area contributed by atoms with Crippen LogP contribution in [0.1, 0.15) is 0 Å². The van der Waals surface area contributed by atoms with Crippen molar-refractivity contribution in [3.05, 3.63) is 47.5 Å². The number of hydrogen-bond acceptors (Lipinski definition) is 6. The van der Waals surface area contributed by atoms with Crippen LogP contribution in [0, 0.1) is 0 Å². The normalized spacial score (nSPS) is 15.2. The molecule has 3 aromatic heterocycles. The van der Waals surface area contributed by atoms with Gasteiger partial charge in [0, 0.05) is 38.6 Å². The molecule has 0 radical (unpaired) electrons. The van der Waals surface area contributed by atoms with Gasteiger partial charge in [0.1, 0.15) is 18.0 Å². The molecule has 0 bridgehead atoms. The third-order valence-electron chi connectivity index (χ3n) is 4.01. The van der Waals surface area contributed by atoms with Crippen LogP contribution in [0.2, 0.25) is 0 Å². The number of fused-ring (bicyclic) bond motifs is 1. The molecule has 23 heavy (non-hydrogen) atoms. The minimum absolute atomic E-state index is 0.743. The van der Waals surface area contributed by atoms with E-state index in [2.05, 4.69) is 45.7 Å². The van der Waals surface area contributed by atoms with Gasteiger partial charge < -0.3 is 9.80 Å². The molecule has 3 aromatic rings. The number of hydrogen-bond donors (Lipinski definition) is 0. The summed E-state index contributed by atoms with van der Waals surface area (Å²) in [4.78, 5) is 22.1. The largest absolute Gasteiger partial charge is 0.352 e. The second-order valence-corrected chi connectivity index (χ2v) is 6.21. The second-order valence-electron chi connectivity index (χ2n) is 5.35. The number of rotatable bonds is 2. The van der Waals surface area contributed by atoms with Crippen molar-refractivity contribution in [3.63, 3.8) is 0 Å². The Morgan fingerprint density at radius 3 is 2.26 bits per heavy atom. The summed E-state index contributed by atoms with van der Waals surface area (Å²) in [6, 6.07) is 7.91. The van der Waals surface area contributed by atoms with Crippen molar-refractivity contribution in [2.24, 2.45) is 0 Å². The molecule has 1 saturated heterocycles. The Hall–Kier alpha value is -2.28. The standard InChI is InChI=1S/C16H15BrN6/c17-13-4-2-6-19-16(13)23-9-7-22(8-10-23)15-12-3-1-5-18-14(12)20-11-21-15/h1-6,11H,7-10H2. The third-order valence-corrected chi connectivity index (χ3v) is 4.62. The summed E-state index contributed by atoms with van der Waals surface area (Å²) in [5, 5.41) is 1.00. The van der Waals surface area contributed by atoms with E-state index in [1.54, 1.807) is 12.5 Å². The van der Waals surface area contributed by atoms with Gasteiger partial charge in [-0.1, -0.05) is 0 Å². The van der Waals surface area contributed by atoms with E-state index in [1.165, 1.54) is 0 Å². The molecule has 116 valence electrons. The SMILES string of the molecule is Brc1cccnc1N1CCN(c2ncnc3ncccc23)CC1. The van der Waals surface area contributed by atoms with E-state index in [-0.39, 0.29) is 0 Å². The van der Waals surface area contributed by atoms with E-state index in [1.807, 2.05) is 30.5 Å². The van der Waals surface area contributed by atoms with Crippen LogP contribution in [0.5, 0.6) is 0 Å². The van der Waals surface area contributed by atoms with E-state index < -0.39 is 0 Å². The molecule has 4 heterocycles. The van der Waals surface area contributed by atoms with Gasteiger partial charge in [0.25, 0.3) is 0 Å². The summed E-state index contributed by atoms with van der Waals surface area (Å²) in [6.07, 6.45) is 5.18. The number of anilines is 2. The highest BCUT2D eigenvalue weighted by Gasteiger charge is 2.21. The first kappa shape index (κ1) is 14.3. The highest BCUT2D eigenvalue weighted by molar-refractivity contribution is 9.10. The molecule has 1 fully saturated rings. The number of aromatic nitrogens is 4. The lowest BCUT2D eigenvalue weighted by atomic mass is 10.2. The first-order valence-electron chi connectivity index (χ1n) is 7.49. The molecule has 0 atom stereocenters. The van der Waals surface area contributed by atoms with Crippen molar-refractivity contribution in [3.8, 4) is 0 Å². The lowest BCUT2D eigenvalue weighted by Crippen LogP contribution is -2.47. The van der Waals surface area contributed by atoms with E-state index >= 15 is 0 Å². The first-order valence-corrected chi connectivity index (χ1v) is 8.28. The molecule has 0 N–H and O–H groups in total. The van der Waals surface area contributed by atoms with Gasteiger partial charge in [-0.25, -0.2) is 19.9 Å². The molecule has 1 aliphatic rings. The number of nitrogens with zero attached hydrogens (tertiary/aromatic N) is 6. The predicted octanol–water partition coefficient (Wildman–Crippen LogP) is 2.51. The molecular formula is C16H15BrN6. The summed E-state index contributed by atoms with van der Waals surface area (Å²) < 4.78 is 1.03. The lowest BCUT2D eigenvalue weighted by Gasteiger charge is -2.36. The lowest BCUT2D eigenvalue weighted by molar-refractivity contribution is 0.642. The molecule has 0 unspecified atom stereocenters. The van der Waals surface area contributed by atoms with Crippen LogP contribution in [-0.4, -0.2) is 46.1 Å². The Balaban J connectivity index is 1.57. The molecule has 0 amide bonds. The van der Waals surface area contributed by atoms with Crippen molar-refractivity contribution in [1.82, 2.24) is 19.9 Å². The predicted molar refractivity (Wildman–Crippen MR) is 93.7 cm³/mol. The van der Waals surface area contributed by atoms with Crippen LogP contribution in [-0.2, 0) is 0 Å². The maximum absolute atomic E-state index is 4.48. The molecule has 0 saturated carbocycles. The Kier molecular flexibility index (Phi) is 3.78. The number of halogens is 1. The smallest absolute Gasteiger partial charge is 0.164 e. The van der Waals surface area contributed by atoms with E-state index in [9.17, 15) is 0 Å². The van der Waals surface area contributed by atoms with Crippen LogP contribution in [0.15, 0.2) is 47.5 Å². The minimum Gasteiger partial charge on any atom is -0.352 e. The molecule has 0 aliphatic carbocycles. The van der Waals surface area contributed by atoms with E-state index in [4.69, 9.17) is 0 Å². The summed E-state index contributed by atoms with van der Waals surface area (Å²) in [6.45, 7) is 3.59. The molecular weight excluding hydrogens is 356 g/mol. The highest BCUT2D eigenvalue weighted by Crippen LogP contribution is 2.26. The molecule has 0 spiro atoms. The van der Waals surface area contributed by atoms with Gasteiger partial charge in [0.15, 0.2) is 5.65 Å². The topological polar surface area (TPSA) is 58.0 Å². The fraction of sp³-hybridized carbons (Fsp3) is 0.250. The monoisotopic (exact) mass is 370 g/mol. The van der Waals surface area contributed by atoms with E-state index in [0.717, 1.165) is 53.3 Å². The minimum atomic E-state index is 0.743. The van der Waals surface area contributed by atoms with Gasteiger partial charge in [0.05, 0.1) is 9.86 Å². The fourth-order valence-corrected chi connectivity index (χ4v) is 3.38. The summed E-state index contributed by atoms with van der Waals surface area (Å²) >= 11 is 3.58. The summed E-state index contributed by atoms with van der Waals surface area (Å²) in [5.74, 6) is 1.96. The first-order chi connectivity index (χ1) is 11.3. The van der Waals surface area contributed by atoms with Gasteiger partial charge in [-0.15, -0.1) is 0 Å². The van der Waals surface area contributed by atoms with Gasteiger partial charge >= 0.3 is 0 Å². The zero-order valence-corrected chi connectivity index (χ0v) is 14.0. The van der Waals surface area contributed by atoms with Crippen molar-refractivity contribution in [2.75, 3.05) is 36.0 Å². The van der Waals surface area contributed by atoms with Crippen molar-refractivity contribution >= 4 is 38.6 Å². The van der Waals surface area contributed by atoms with Crippen LogP contribution < -0.4 is 9.80 Å². The zero-order chi connectivity index (χ0) is 15.6. The average molecular weight is 371 g/mol. The van der Waals surface area contributed by atoms with Crippen LogP contribution >= 0.6 is 15.9 Å². The fourth-order valence-electron chi connectivity index (χ4n) is 2.87. The molecule has 7 heteroatoms. The number of pyridine rings is 2. The van der Waals surface area contributed by atoms with Gasteiger partial charge in [-0.3, -0.25) is 0 Å². The van der Waals surface area contributed by atoms with Gasteiger partial charge in [-0.05, 0) is 40.2 Å². The average Bonchev–Trinajstić information content (AvgIpc) is 2.62. The Morgan fingerprint density at radius 1 is 0.783 bits per heavy atom. The van der Waals surface area contributed by atoms with Crippen molar-refractivity contribution < 1.29 is 0 Å². The van der Waals surface area contributed by atoms with Crippen LogP contribution in [0.25, 0.3) is 11.0 Å². The maximum Gasteiger partial charge on any atom is 0.164 e. The Labute approximate surface area is 142 Å². The van der Waals surface area contributed by atoms with E-state index in [0.29, 0.717) is 0 Å². The molecule has 1 aliphatic heterocycles. The second kappa shape index (κ2) is 6.08. The van der Waals surface area contributed by atoms with Gasteiger partial charge in [-0.2, -0.15) is 0 Å². The quantitative estimate of drug-likeness (QED) is 0.690. The Morgan fingerprint density at radius 2 is 1.48 bits per heavy atom. The van der Waals surface area contributed by atoms with Gasteiger partial charge in [0.2, 0.25) is 0 Å². The van der Waals surface area contributed by atoms with Crippen LogP contribution in [0.3, 0.4) is 0 Å². The Bertz CT molecular complexity index is 826.